The number of nitrogens with zero attached hydrogens (tertiary/aromatic N) is 2. The maximum atomic E-state index is 12.3. The summed E-state index contributed by atoms with van der Waals surface area (Å²) >= 11 is 1.53. The second-order valence-corrected chi connectivity index (χ2v) is 6.23. The summed E-state index contributed by atoms with van der Waals surface area (Å²) in [6.45, 7) is 3.37. The van der Waals surface area contributed by atoms with Crippen LogP contribution in [0.5, 0.6) is 0 Å². The fraction of sp³-hybridized carbons (Fsp3) is 0.400. The van der Waals surface area contributed by atoms with Crippen LogP contribution in [0.3, 0.4) is 0 Å². The summed E-state index contributed by atoms with van der Waals surface area (Å²) in [5, 5.41) is 6.54. The molecule has 3 rings (SSSR count). The minimum Gasteiger partial charge on any atom is -0.351 e. The molecule has 0 aromatic carbocycles. The van der Waals surface area contributed by atoms with Gasteiger partial charge in [0.15, 0.2) is 0 Å². The number of aromatic amines is 1. The Hall–Kier alpha value is -2.15. The molecule has 0 aliphatic carbocycles. The topological polar surface area (TPSA) is 78.1 Å². The summed E-state index contributed by atoms with van der Waals surface area (Å²) in [5.41, 5.74) is 1.64. The highest BCUT2D eigenvalue weighted by Crippen LogP contribution is 2.26. The van der Waals surface area contributed by atoms with Crippen molar-refractivity contribution in [1.82, 2.24) is 20.2 Å². The first-order valence-electron chi connectivity index (χ1n) is 7.23. The molecule has 0 spiro atoms. The van der Waals surface area contributed by atoms with Crippen molar-refractivity contribution in [3.63, 3.8) is 0 Å². The molecular weight excluding hydrogens is 300 g/mol. The second-order valence-electron chi connectivity index (χ2n) is 5.45. The molecule has 0 unspecified atom stereocenters. The predicted octanol–water partition coefficient (Wildman–Crippen LogP) is 1.74. The Balaban J connectivity index is 1.60. The molecule has 3 heterocycles. The van der Waals surface area contributed by atoms with Crippen LogP contribution in [0.4, 0.5) is 0 Å². The first-order valence-corrected chi connectivity index (χ1v) is 8.17. The van der Waals surface area contributed by atoms with Crippen LogP contribution in [0.25, 0.3) is 0 Å². The van der Waals surface area contributed by atoms with Crippen LogP contribution in [-0.2, 0) is 11.3 Å². The van der Waals surface area contributed by atoms with E-state index in [9.17, 15) is 9.59 Å². The summed E-state index contributed by atoms with van der Waals surface area (Å²) < 4.78 is 0. The van der Waals surface area contributed by atoms with Gasteiger partial charge in [-0.1, -0.05) is 0 Å². The van der Waals surface area contributed by atoms with Crippen LogP contribution in [-0.4, -0.2) is 39.8 Å². The molecule has 1 fully saturated rings. The normalized spacial score (nSPS) is 17.7. The van der Waals surface area contributed by atoms with Gasteiger partial charge in [0.2, 0.25) is 5.91 Å². The molecule has 2 amide bonds. The Morgan fingerprint density at radius 2 is 2.41 bits per heavy atom. The van der Waals surface area contributed by atoms with Crippen molar-refractivity contribution in [2.75, 3.05) is 13.1 Å². The van der Waals surface area contributed by atoms with E-state index in [0.29, 0.717) is 13.1 Å². The lowest BCUT2D eigenvalue weighted by molar-refractivity contribution is -0.119. The third-order valence-corrected chi connectivity index (χ3v) is 4.49. The van der Waals surface area contributed by atoms with Gasteiger partial charge in [0, 0.05) is 31.3 Å². The summed E-state index contributed by atoms with van der Waals surface area (Å²) in [6, 6.07) is 1.86. The molecule has 116 valence electrons. The van der Waals surface area contributed by atoms with Crippen molar-refractivity contribution in [3.8, 4) is 0 Å². The summed E-state index contributed by atoms with van der Waals surface area (Å²) in [4.78, 5) is 32.8. The number of amides is 2. The molecule has 1 aliphatic heterocycles. The van der Waals surface area contributed by atoms with Crippen LogP contribution in [0.1, 0.15) is 41.1 Å². The van der Waals surface area contributed by atoms with E-state index in [1.54, 1.807) is 6.20 Å². The van der Waals surface area contributed by atoms with E-state index in [1.165, 1.54) is 18.3 Å². The van der Waals surface area contributed by atoms with E-state index in [-0.39, 0.29) is 17.7 Å². The first-order chi connectivity index (χ1) is 10.6. The quantitative estimate of drug-likeness (QED) is 0.901. The average molecular weight is 318 g/mol. The van der Waals surface area contributed by atoms with E-state index in [4.69, 9.17) is 0 Å². The highest BCUT2D eigenvalue weighted by molar-refractivity contribution is 7.08. The van der Waals surface area contributed by atoms with Crippen molar-refractivity contribution in [2.45, 2.75) is 25.8 Å². The zero-order valence-electron chi connectivity index (χ0n) is 12.3. The Kier molecular flexibility index (Phi) is 4.24. The summed E-state index contributed by atoms with van der Waals surface area (Å²) in [7, 11) is 0. The van der Waals surface area contributed by atoms with E-state index < -0.39 is 0 Å². The van der Waals surface area contributed by atoms with Crippen molar-refractivity contribution < 1.29 is 9.59 Å². The van der Waals surface area contributed by atoms with Crippen molar-refractivity contribution in [2.24, 2.45) is 0 Å². The first kappa shape index (κ1) is 14.8. The van der Waals surface area contributed by atoms with E-state index >= 15 is 0 Å². The predicted molar refractivity (Wildman–Crippen MR) is 83.7 cm³/mol. The summed E-state index contributed by atoms with van der Waals surface area (Å²) in [5.74, 6) is 1.15. The van der Waals surface area contributed by atoms with Gasteiger partial charge in [0.25, 0.3) is 5.91 Å². The number of rotatable bonds is 4. The SMILES string of the molecule is CC(=O)NCc1cnc([C@@H]2CCN(C(=O)c3ccsc3)C2)[nH]1. The fourth-order valence-electron chi connectivity index (χ4n) is 2.63. The molecular formula is C15H18N4O2S. The van der Waals surface area contributed by atoms with Crippen LogP contribution < -0.4 is 5.32 Å². The number of likely N-dealkylation sites (tertiary alicyclic amines) is 1. The Labute approximate surface area is 132 Å². The molecule has 1 atom stereocenters. The van der Waals surface area contributed by atoms with Crippen molar-refractivity contribution in [3.05, 3.63) is 40.1 Å². The third kappa shape index (κ3) is 3.19. The Bertz CT molecular complexity index is 665. The number of H-pyrrole nitrogens is 1. The fourth-order valence-corrected chi connectivity index (χ4v) is 3.26. The molecule has 2 aromatic heterocycles. The number of hydrogen-bond acceptors (Lipinski definition) is 4. The molecule has 2 aromatic rings. The lowest BCUT2D eigenvalue weighted by Crippen LogP contribution is -2.28. The average Bonchev–Trinajstić information content (AvgIpc) is 3.23. The molecule has 0 saturated carbocycles. The van der Waals surface area contributed by atoms with Crippen molar-refractivity contribution >= 4 is 23.2 Å². The number of carbonyl (C=O) groups excluding carboxylic acids is 2. The standard InChI is InChI=1S/C15H18N4O2S/c1-10(20)16-6-13-7-17-14(18-13)11-2-4-19(8-11)15(21)12-3-5-22-9-12/h3,5,7,9,11H,2,4,6,8H2,1H3,(H,16,20)(H,17,18)/t11-/m1/s1. The Morgan fingerprint density at radius 3 is 3.14 bits per heavy atom. The number of nitrogens with one attached hydrogen (secondary N) is 2. The lowest BCUT2D eigenvalue weighted by Gasteiger charge is -2.15. The molecule has 7 heteroatoms. The number of thiophene rings is 1. The minimum absolute atomic E-state index is 0.0652. The van der Waals surface area contributed by atoms with Crippen LogP contribution in [0.2, 0.25) is 0 Å². The molecule has 0 radical (unpaired) electrons. The van der Waals surface area contributed by atoms with Gasteiger partial charge in [-0.3, -0.25) is 9.59 Å². The molecule has 0 bridgehead atoms. The van der Waals surface area contributed by atoms with Crippen LogP contribution in [0, 0.1) is 0 Å². The van der Waals surface area contributed by atoms with Gasteiger partial charge in [-0.15, -0.1) is 0 Å². The smallest absolute Gasteiger partial charge is 0.254 e. The monoisotopic (exact) mass is 318 g/mol. The largest absolute Gasteiger partial charge is 0.351 e. The molecule has 1 aliphatic rings. The Morgan fingerprint density at radius 1 is 1.55 bits per heavy atom. The second kappa shape index (κ2) is 6.31. The van der Waals surface area contributed by atoms with E-state index in [0.717, 1.165) is 30.0 Å². The van der Waals surface area contributed by atoms with Crippen molar-refractivity contribution in [1.29, 1.82) is 0 Å². The van der Waals surface area contributed by atoms with Gasteiger partial charge in [-0.25, -0.2) is 4.98 Å². The highest BCUT2D eigenvalue weighted by atomic mass is 32.1. The zero-order chi connectivity index (χ0) is 15.5. The highest BCUT2D eigenvalue weighted by Gasteiger charge is 2.29. The zero-order valence-corrected chi connectivity index (χ0v) is 13.2. The minimum atomic E-state index is -0.0652. The maximum absolute atomic E-state index is 12.3. The van der Waals surface area contributed by atoms with Gasteiger partial charge >= 0.3 is 0 Å². The van der Waals surface area contributed by atoms with E-state index in [1.807, 2.05) is 21.7 Å². The van der Waals surface area contributed by atoms with Gasteiger partial charge in [0.05, 0.1) is 24.0 Å². The van der Waals surface area contributed by atoms with Crippen LogP contribution in [0.15, 0.2) is 23.0 Å². The lowest BCUT2D eigenvalue weighted by atomic mass is 10.1. The van der Waals surface area contributed by atoms with Gasteiger partial charge in [-0.05, 0) is 17.9 Å². The number of hydrogen-bond donors (Lipinski definition) is 2. The van der Waals surface area contributed by atoms with Gasteiger partial charge in [0.1, 0.15) is 5.82 Å². The number of imidazole rings is 1. The summed E-state index contributed by atoms with van der Waals surface area (Å²) in [6.07, 6.45) is 2.65. The molecule has 1 saturated heterocycles. The van der Waals surface area contributed by atoms with E-state index in [2.05, 4.69) is 15.3 Å². The van der Waals surface area contributed by atoms with Gasteiger partial charge in [-0.2, -0.15) is 11.3 Å². The van der Waals surface area contributed by atoms with Crippen LogP contribution >= 0.6 is 11.3 Å². The third-order valence-electron chi connectivity index (χ3n) is 3.81. The molecule has 22 heavy (non-hydrogen) atoms. The maximum Gasteiger partial charge on any atom is 0.254 e. The van der Waals surface area contributed by atoms with Gasteiger partial charge < -0.3 is 15.2 Å². The molecule has 2 N–H and O–H groups in total. The number of aromatic nitrogens is 2. The number of carbonyl (C=O) groups is 2. The molecule has 6 nitrogen and oxygen atoms in total.